The first kappa shape index (κ1) is 21.5. The molecule has 1 amide bonds. The van der Waals surface area contributed by atoms with Gasteiger partial charge in [0.15, 0.2) is 12.4 Å². The van der Waals surface area contributed by atoms with Crippen LogP contribution in [0.15, 0.2) is 60.3 Å². The number of hydrogen-bond acceptors (Lipinski definition) is 4. The number of Topliss-reactive ketones (excluding diaryl/α,β-unsaturated/α-hetero) is 1. The van der Waals surface area contributed by atoms with E-state index in [1.54, 1.807) is 24.3 Å². The molecule has 0 radical (unpaired) electrons. The van der Waals surface area contributed by atoms with E-state index in [1.807, 2.05) is 30.3 Å². The van der Waals surface area contributed by atoms with Gasteiger partial charge in [-0.2, -0.15) is 0 Å². The molecule has 1 aliphatic rings. The molecule has 0 saturated heterocycles. The Balaban J connectivity index is 1.61. The lowest BCUT2D eigenvalue weighted by Gasteiger charge is -2.22. The zero-order valence-electron chi connectivity index (χ0n) is 17.2. The number of benzene rings is 2. The van der Waals surface area contributed by atoms with Crippen molar-refractivity contribution in [1.29, 1.82) is 0 Å². The molecule has 0 spiro atoms. The highest BCUT2D eigenvalue weighted by molar-refractivity contribution is 6.01. The maximum atomic E-state index is 12.5. The van der Waals surface area contributed by atoms with Gasteiger partial charge in [-0.3, -0.25) is 9.59 Å². The van der Waals surface area contributed by atoms with Gasteiger partial charge in [-0.1, -0.05) is 73.9 Å². The largest absolute Gasteiger partial charge is 0.453 e. The monoisotopic (exact) mass is 405 g/mol. The SMILES string of the molecule is CC(=O)NC(=Cc1ccccc1)C(=O)OCC(=O)c1ccc(C2CCCCC2)cc1. The molecule has 1 saturated carbocycles. The summed E-state index contributed by atoms with van der Waals surface area (Å²) in [6.07, 6.45) is 7.74. The molecule has 5 nitrogen and oxygen atoms in total. The van der Waals surface area contributed by atoms with Crippen molar-refractivity contribution in [1.82, 2.24) is 5.32 Å². The molecule has 1 aliphatic carbocycles. The number of ether oxygens (including phenoxy) is 1. The maximum absolute atomic E-state index is 12.5. The summed E-state index contributed by atoms with van der Waals surface area (Å²) in [5.74, 6) is -0.843. The molecule has 0 bridgehead atoms. The molecule has 0 heterocycles. The normalized spacial score (nSPS) is 14.8. The Kier molecular flexibility index (Phi) is 7.55. The van der Waals surface area contributed by atoms with Crippen LogP contribution in [-0.4, -0.2) is 24.3 Å². The van der Waals surface area contributed by atoms with Crippen LogP contribution in [0, 0.1) is 0 Å². The number of amides is 1. The fourth-order valence-corrected chi connectivity index (χ4v) is 3.72. The summed E-state index contributed by atoms with van der Waals surface area (Å²) < 4.78 is 5.17. The second-order valence-corrected chi connectivity index (χ2v) is 7.61. The smallest absolute Gasteiger partial charge is 0.355 e. The van der Waals surface area contributed by atoms with E-state index in [2.05, 4.69) is 5.32 Å². The Morgan fingerprint density at radius 3 is 2.27 bits per heavy atom. The van der Waals surface area contributed by atoms with Gasteiger partial charge in [-0.25, -0.2) is 4.79 Å². The van der Waals surface area contributed by atoms with E-state index in [9.17, 15) is 14.4 Å². The van der Waals surface area contributed by atoms with E-state index in [1.165, 1.54) is 50.7 Å². The third kappa shape index (κ3) is 6.14. The van der Waals surface area contributed by atoms with E-state index in [0.29, 0.717) is 11.5 Å². The molecule has 0 atom stereocenters. The molecule has 156 valence electrons. The Hall–Kier alpha value is -3.21. The Labute approximate surface area is 177 Å². The highest BCUT2D eigenvalue weighted by Crippen LogP contribution is 2.32. The molecule has 0 aromatic heterocycles. The van der Waals surface area contributed by atoms with Crippen molar-refractivity contribution in [2.24, 2.45) is 0 Å². The predicted octanol–water partition coefficient (Wildman–Crippen LogP) is 4.64. The zero-order valence-corrected chi connectivity index (χ0v) is 17.2. The summed E-state index contributed by atoms with van der Waals surface area (Å²) >= 11 is 0. The van der Waals surface area contributed by atoms with Gasteiger partial charge < -0.3 is 10.1 Å². The number of rotatable bonds is 7. The number of hydrogen-bond donors (Lipinski definition) is 1. The first-order valence-electron chi connectivity index (χ1n) is 10.4. The number of esters is 1. The van der Waals surface area contributed by atoms with Crippen LogP contribution in [0.3, 0.4) is 0 Å². The highest BCUT2D eigenvalue weighted by atomic mass is 16.5. The van der Waals surface area contributed by atoms with Crippen LogP contribution in [0.5, 0.6) is 0 Å². The van der Waals surface area contributed by atoms with Gasteiger partial charge in [0.25, 0.3) is 0 Å². The average Bonchev–Trinajstić information content (AvgIpc) is 2.78. The van der Waals surface area contributed by atoms with Crippen molar-refractivity contribution in [3.8, 4) is 0 Å². The van der Waals surface area contributed by atoms with Crippen LogP contribution in [0.25, 0.3) is 6.08 Å². The van der Waals surface area contributed by atoms with Crippen molar-refractivity contribution in [2.75, 3.05) is 6.61 Å². The summed E-state index contributed by atoms with van der Waals surface area (Å²) in [5.41, 5.74) is 2.51. The van der Waals surface area contributed by atoms with Gasteiger partial charge in [-0.05, 0) is 36.0 Å². The van der Waals surface area contributed by atoms with E-state index in [0.717, 1.165) is 5.56 Å². The van der Waals surface area contributed by atoms with E-state index >= 15 is 0 Å². The average molecular weight is 405 g/mol. The molecule has 1 N–H and O–H groups in total. The second-order valence-electron chi connectivity index (χ2n) is 7.61. The van der Waals surface area contributed by atoms with Gasteiger partial charge >= 0.3 is 5.97 Å². The lowest BCUT2D eigenvalue weighted by molar-refractivity contribution is -0.139. The minimum Gasteiger partial charge on any atom is -0.453 e. The number of ketones is 1. The molecule has 1 fully saturated rings. The van der Waals surface area contributed by atoms with Crippen LogP contribution >= 0.6 is 0 Å². The fourth-order valence-electron chi connectivity index (χ4n) is 3.72. The van der Waals surface area contributed by atoms with Crippen molar-refractivity contribution in [2.45, 2.75) is 44.9 Å². The fraction of sp³-hybridized carbons (Fsp3) is 0.320. The van der Waals surface area contributed by atoms with Gasteiger partial charge in [0.2, 0.25) is 5.91 Å². The van der Waals surface area contributed by atoms with Gasteiger partial charge in [0.05, 0.1) is 0 Å². The topological polar surface area (TPSA) is 72.5 Å². The molecule has 0 unspecified atom stereocenters. The molecular weight excluding hydrogens is 378 g/mol. The van der Waals surface area contributed by atoms with Crippen molar-refractivity contribution in [3.05, 3.63) is 77.0 Å². The second kappa shape index (κ2) is 10.5. The van der Waals surface area contributed by atoms with E-state index < -0.39 is 11.9 Å². The Morgan fingerprint density at radius 1 is 0.967 bits per heavy atom. The van der Waals surface area contributed by atoms with Crippen LogP contribution in [0.4, 0.5) is 0 Å². The minimum absolute atomic E-state index is 0.00542. The first-order chi connectivity index (χ1) is 14.5. The van der Waals surface area contributed by atoms with Crippen molar-refractivity contribution < 1.29 is 19.1 Å². The van der Waals surface area contributed by atoms with Crippen molar-refractivity contribution in [3.63, 3.8) is 0 Å². The predicted molar refractivity (Wildman–Crippen MR) is 116 cm³/mol. The quantitative estimate of drug-likeness (QED) is 0.414. The van der Waals surface area contributed by atoms with Gasteiger partial charge in [-0.15, -0.1) is 0 Å². The summed E-state index contributed by atoms with van der Waals surface area (Å²) in [5, 5.41) is 2.47. The lowest BCUT2D eigenvalue weighted by Crippen LogP contribution is -2.27. The van der Waals surface area contributed by atoms with Crippen LogP contribution in [0.1, 0.15) is 66.4 Å². The molecule has 3 rings (SSSR count). The summed E-state index contributed by atoms with van der Waals surface area (Å²) in [6.45, 7) is 0.929. The van der Waals surface area contributed by atoms with Crippen molar-refractivity contribution >= 4 is 23.7 Å². The number of nitrogens with one attached hydrogen (secondary N) is 1. The highest BCUT2D eigenvalue weighted by Gasteiger charge is 2.18. The summed E-state index contributed by atoms with van der Waals surface area (Å²) in [4.78, 5) is 36.3. The molecule has 5 heteroatoms. The summed E-state index contributed by atoms with van der Waals surface area (Å²) in [6, 6.07) is 16.7. The lowest BCUT2D eigenvalue weighted by atomic mass is 9.84. The standard InChI is InChI=1S/C25H27NO4/c1-18(27)26-23(16-19-8-4-2-5-9-19)25(29)30-17-24(28)22-14-12-21(13-15-22)20-10-6-3-7-11-20/h2,4-5,8-9,12-16,20H,3,6-7,10-11,17H2,1H3,(H,26,27). The van der Waals surface area contributed by atoms with Gasteiger partial charge in [0, 0.05) is 12.5 Å². The van der Waals surface area contributed by atoms with Crippen LogP contribution in [0.2, 0.25) is 0 Å². The Morgan fingerprint density at radius 2 is 1.63 bits per heavy atom. The molecule has 2 aromatic carbocycles. The molecule has 2 aromatic rings. The van der Waals surface area contributed by atoms with Gasteiger partial charge in [0.1, 0.15) is 5.70 Å². The van der Waals surface area contributed by atoms with Crippen LogP contribution < -0.4 is 5.32 Å². The maximum Gasteiger partial charge on any atom is 0.355 e. The summed E-state index contributed by atoms with van der Waals surface area (Å²) in [7, 11) is 0. The Bertz CT molecular complexity index is 910. The minimum atomic E-state index is -0.749. The van der Waals surface area contributed by atoms with Crippen LogP contribution in [-0.2, 0) is 14.3 Å². The third-order valence-corrected chi connectivity index (χ3v) is 5.28. The third-order valence-electron chi connectivity index (χ3n) is 5.28. The van der Waals surface area contributed by atoms with E-state index in [-0.39, 0.29) is 18.1 Å². The number of carbonyl (C=O) groups is 3. The molecule has 0 aliphatic heterocycles. The zero-order chi connectivity index (χ0) is 21.3. The first-order valence-corrected chi connectivity index (χ1v) is 10.4. The van der Waals surface area contributed by atoms with E-state index in [4.69, 9.17) is 4.74 Å². The molecular formula is C25H27NO4. The number of carbonyl (C=O) groups excluding carboxylic acids is 3. The molecule has 30 heavy (non-hydrogen) atoms.